The molecule has 0 heterocycles. The average molecular weight is 343 g/mol. The molecule has 0 aliphatic heterocycles. The van der Waals surface area contributed by atoms with Gasteiger partial charge in [-0.3, -0.25) is 4.79 Å². The summed E-state index contributed by atoms with van der Waals surface area (Å²) in [5.74, 6) is -0.158. The number of thioether (sulfide) groups is 1. The fourth-order valence-corrected chi connectivity index (χ4v) is 3.93. The molecule has 3 N–H and O–H groups in total. The lowest BCUT2D eigenvalue weighted by Gasteiger charge is -2.21. The maximum atomic E-state index is 11.9. The summed E-state index contributed by atoms with van der Waals surface area (Å²) in [6.07, 6.45) is 6.77. The van der Waals surface area contributed by atoms with Crippen molar-refractivity contribution in [2.24, 2.45) is 11.7 Å². The third kappa shape index (κ3) is 5.49. The number of carbonyl (C=O) groups is 1. The number of aryl methyl sites for hydroxylation is 1. The Bertz CT molecular complexity index is 490. The normalized spacial score (nSPS) is 16.7. The smallest absolute Gasteiger partial charge is 0.228 e. The molecule has 0 aromatic heterocycles. The van der Waals surface area contributed by atoms with Gasteiger partial charge in [0.25, 0.3) is 0 Å². The van der Waals surface area contributed by atoms with Crippen molar-refractivity contribution in [3.8, 4) is 0 Å². The lowest BCUT2D eigenvalue weighted by Crippen LogP contribution is -2.26. The van der Waals surface area contributed by atoms with E-state index in [9.17, 15) is 4.79 Å². The molecule has 0 radical (unpaired) electrons. The standard InChI is InChI=1S/C17H26N2OS.ClH/c1-12-10-15(21-14-6-4-3-5-7-14)8-9-16(12)19-17(20)13(2)11-18;/h8-10,13-14H,3-7,11,18H2,1-2H3,(H,19,20);1H. The monoisotopic (exact) mass is 342 g/mol. The number of carbonyl (C=O) groups excluding carboxylic acids is 1. The Morgan fingerprint density at radius 2 is 2.05 bits per heavy atom. The predicted molar refractivity (Wildman–Crippen MR) is 98.0 cm³/mol. The zero-order valence-electron chi connectivity index (χ0n) is 13.4. The van der Waals surface area contributed by atoms with E-state index in [1.54, 1.807) is 0 Å². The van der Waals surface area contributed by atoms with Crippen LogP contribution in [-0.2, 0) is 4.79 Å². The molecule has 0 saturated heterocycles. The van der Waals surface area contributed by atoms with Gasteiger partial charge in [0, 0.05) is 28.3 Å². The first-order valence-corrected chi connectivity index (χ1v) is 8.76. The number of amides is 1. The van der Waals surface area contributed by atoms with Crippen molar-refractivity contribution in [2.75, 3.05) is 11.9 Å². The predicted octanol–water partition coefficient (Wildman–Crippen LogP) is 4.37. The molecule has 1 aromatic carbocycles. The van der Waals surface area contributed by atoms with Crippen LogP contribution in [0.3, 0.4) is 0 Å². The number of anilines is 1. The number of halogens is 1. The molecule has 1 saturated carbocycles. The highest BCUT2D eigenvalue weighted by Crippen LogP contribution is 2.34. The topological polar surface area (TPSA) is 55.1 Å². The SMILES string of the molecule is Cc1cc(SC2CCCCC2)ccc1NC(=O)C(C)CN.Cl. The number of nitrogens with two attached hydrogens (primary N) is 1. The van der Waals surface area contributed by atoms with Crippen molar-refractivity contribution in [3.63, 3.8) is 0 Å². The van der Waals surface area contributed by atoms with Crippen molar-refractivity contribution in [2.45, 2.75) is 56.1 Å². The van der Waals surface area contributed by atoms with Crippen LogP contribution in [0.2, 0.25) is 0 Å². The van der Waals surface area contributed by atoms with Crippen LogP contribution in [0.5, 0.6) is 0 Å². The molecular weight excluding hydrogens is 316 g/mol. The van der Waals surface area contributed by atoms with Gasteiger partial charge in [-0.05, 0) is 43.5 Å². The number of hydrogen-bond acceptors (Lipinski definition) is 3. The summed E-state index contributed by atoms with van der Waals surface area (Å²) in [4.78, 5) is 13.2. The summed E-state index contributed by atoms with van der Waals surface area (Å²) >= 11 is 1.98. The van der Waals surface area contributed by atoms with Crippen molar-refractivity contribution in [1.82, 2.24) is 0 Å². The van der Waals surface area contributed by atoms with Crippen LogP contribution in [0.1, 0.15) is 44.6 Å². The fraction of sp³-hybridized carbons (Fsp3) is 0.588. The molecule has 0 spiro atoms. The quantitative estimate of drug-likeness (QED) is 0.835. The highest BCUT2D eigenvalue weighted by Gasteiger charge is 2.16. The number of hydrogen-bond donors (Lipinski definition) is 2. The highest BCUT2D eigenvalue weighted by molar-refractivity contribution is 8.00. The Labute approximate surface area is 144 Å². The van der Waals surface area contributed by atoms with Crippen molar-refractivity contribution in [3.05, 3.63) is 23.8 Å². The summed E-state index contributed by atoms with van der Waals surface area (Å²) in [6, 6.07) is 6.32. The summed E-state index contributed by atoms with van der Waals surface area (Å²) in [7, 11) is 0. The minimum absolute atomic E-state index is 0. The van der Waals surface area contributed by atoms with Gasteiger partial charge in [-0.1, -0.05) is 26.2 Å². The van der Waals surface area contributed by atoms with Gasteiger partial charge in [-0.25, -0.2) is 0 Å². The molecule has 1 amide bonds. The molecule has 0 bridgehead atoms. The Hall–Kier alpha value is -0.710. The van der Waals surface area contributed by atoms with Crippen LogP contribution in [0.25, 0.3) is 0 Å². The highest BCUT2D eigenvalue weighted by atomic mass is 35.5. The molecule has 1 aromatic rings. The molecule has 1 aliphatic carbocycles. The van der Waals surface area contributed by atoms with Crippen LogP contribution < -0.4 is 11.1 Å². The van der Waals surface area contributed by atoms with E-state index < -0.39 is 0 Å². The molecule has 22 heavy (non-hydrogen) atoms. The second kappa shape index (κ2) is 9.43. The van der Waals surface area contributed by atoms with Gasteiger partial charge in [0.15, 0.2) is 0 Å². The Morgan fingerprint density at radius 3 is 2.64 bits per heavy atom. The number of benzene rings is 1. The molecular formula is C17H27ClN2OS. The summed E-state index contributed by atoms with van der Waals surface area (Å²) < 4.78 is 0. The first-order chi connectivity index (χ1) is 10.1. The van der Waals surface area contributed by atoms with Crippen molar-refractivity contribution < 1.29 is 4.79 Å². The summed E-state index contributed by atoms with van der Waals surface area (Å²) in [6.45, 7) is 4.27. The fourth-order valence-electron chi connectivity index (χ4n) is 2.59. The summed E-state index contributed by atoms with van der Waals surface area (Å²) in [5, 5.41) is 3.72. The molecule has 3 nitrogen and oxygen atoms in total. The molecule has 1 unspecified atom stereocenters. The van der Waals surface area contributed by atoms with E-state index in [4.69, 9.17) is 5.73 Å². The average Bonchev–Trinajstić information content (AvgIpc) is 2.50. The van der Waals surface area contributed by atoms with Gasteiger partial charge in [-0.2, -0.15) is 0 Å². The molecule has 2 rings (SSSR count). The Balaban J connectivity index is 0.00000242. The molecule has 1 atom stereocenters. The first kappa shape index (κ1) is 19.3. The number of nitrogens with one attached hydrogen (secondary N) is 1. The first-order valence-electron chi connectivity index (χ1n) is 7.88. The third-order valence-corrected chi connectivity index (χ3v) is 5.44. The maximum Gasteiger partial charge on any atom is 0.228 e. The number of rotatable bonds is 5. The van der Waals surface area contributed by atoms with E-state index in [2.05, 4.69) is 17.4 Å². The van der Waals surface area contributed by atoms with Crippen molar-refractivity contribution >= 4 is 35.8 Å². The molecule has 124 valence electrons. The minimum Gasteiger partial charge on any atom is -0.330 e. The lowest BCUT2D eigenvalue weighted by atomic mass is 10.0. The lowest BCUT2D eigenvalue weighted by molar-refractivity contribution is -0.119. The minimum atomic E-state index is -0.152. The van der Waals surface area contributed by atoms with Gasteiger partial charge >= 0.3 is 0 Å². The van der Waals surface area contributed by atoms with Gasteiger partial charge in [0.1, 0.15) is 0 Å². The Kier molecular flexibility index (Phi) is 8.29. The van der Waals surface area contributed by atoms with E-state index in [1.165, 1.54) is 37.0 Å². The second-order valence-corrected chi connectivity index (χ2v) is 7.35. The maximum absolute atomic E-state index is 11.9. The van der Waals surface area contributed by atoms with E-state index >= 15 is 0 Å². The third-order valence-electron chi connectivity index (χ3n) is 4.11. The van der Waals surface area contributed by atoms with E-state index in [0.717, 1.165) is 16.5 Å². The van der Waals surface area contributed by atoms with Gasteiger partial charge in [-0.15, -0.1) is 24.2 Å². The van der Waals surface area contributed by atoms with E-state index in [1.807, 2.05) is 31.7 Å². The second-order valence-electron chi connectivity index (χ2n) is 5.98. The van der Waals surface area contributed by atoms with Crippen molar-refractivity contribution in [1.29, 1.82) is 0 Å². The van der Waals surface area contributed by atoms with E-state index in [0.29, 0.717) is 6.54 Å². The largest absolute Gasteiger partial charge is 0.330 e. The van der Waals surface area contributed by atoms with Crippen LogP contribution in [0.4, 0.5) is 5.69 Å². The Morgan fingerprint density at radius 1 is 1.36 bits per heavy atom. The van der Waals surface area contributed by atoms with Gasteiger partial charge in [0.05, 0.1) is 0 Å². The van der Waals surface area contributed by atoms with Gasteiger partial charge in [0.2, 0.25) is 5.91 Å². The van der Waals surface area contributed by atoms with Crippen LogP contribution in [-0.4, -0.2) is 17.7 Å². The van der Waals surface area contributed by atoms with Crippen LogP contribution in [0.15, 0.2) is 23.1 Å². The van der Waals surface area contributed by atoms with Crippen LogP contribution >= 0.6 is 24.2 Å². The molecule has 1 aliphatic rings. The van der Waals surface area contributed by atoms with Crippen LogP contribution in [0, 0.1) is 12.8 Å². The molecule has 5 heteroatoms. The zero-order chi connectivity index (χ0) is 15.2. The molecule has 1 fully saturated rings. The van der Waals surface area contributed by atoms with Gasteiger partial charge < -0.3 is 11.1 Å². The summed E-state index contributed by atoms with van der Waals surface area (Å²) in [5.41, 5.74) is 7.54. The van der Waals surface area contributed by atoms with E-state index in [-0.39, 0.29) is 24.2 Å². The zero-order valence-corrected chi connectivity index (χ0v) is 15.1.